The zero-order valence-corrected chi connectivity index (χ0v) is 11.3. The van der Waals surface area contributed by atoms with Gasteiger partial charge in [-0.05, 0) is 28.4 Å². The minimum atomic E-state index is -0.832. The molecule has 0 amide bonds. The van der Waals surface area contributed by atoms with Gasteiger partial charge in [-0.1, -0.05) is 6.07 Å². The maximum atomic E-state index is 13.9. The SMILES string of the molecule is COc1c(C2CC(C(=O)O)CN2)ccc(Br)c1F. The lowest BCUT2D eigenvalue weighted by Crippen LogP contribution is -2.17. The van der Waals surface area contributed by atoms with Gasteiger partial charge in [-0.3, -0.25) is 4.79 Å². The van der Waals surface area contributed by atoms with Crippen LogP contribution in [0.5, 0.6) is 5.75 Å². The fraction of sp³-hybridized carbons (Fsp3) is 0.417. The normalized spacial score (nSPS) is 23.1. The van der Waals surface area contributed by atoms with Gasteiger partial charge in [0.1, 0.15) is 0 Å². The van der Waals surface area contributed by atoms with Crippen molar-refractivity contribution >= 4 is 21.9 Å². The van der Waals surface area contributed by atoms with E-state index in [2.05, 4.69) is 21.2 Å². The lowest BCUT2D eigenvalue weighted by atomic mass is 9.99. The zero-order valence-electron chi connectivity index (χ0n) is 9.74. The first-order chi connectivity index (χ1) is 8.54. The van der Waals surface area contributed by atoms with Gasteiger partial charge in [0.05, 0.1) is 17.5 Å². The predicted octanol–water partition coefficient (Wildman–Crippen LogP) is 2.33. The summed E-state index contributed by atoms with van der Waals surface area (Å²) in [6, 6.07) is 3.15. The van der Waals surface area contributed by atoms with Gasteiger partial charge in [-0.25, -0.2) is 4.39 Å². The molecule has 0 saturated carbocycles. The van der Waals surface area contributed by atoms with E-state index in [9.17, 15) is 9.18 Å². The van der Waals surface area contributed by atoms with Crippen LogP contribution in [0.25, 0.3) is 0 Å². The van der Waals surface area contributed by atoms with E-state index >= 15 is 0 Å². The maximum Gasteiger partial charge on any atom is 0.307 e. The molecule has 1 aliphatic rings. The predicted molar refractivity (Wildman–Crippen MR) is 67.1 cm³/mol. The first-order valence-electron chi connectivity index (χ1n) is 5.52. The second kappa shape index (κ2) is 5.24. The van der Waals surface area contributed by atoms with Crippen molar-refractivity contribution in [2.24, 2.45) is 5.92 Å². The molecule has 1 saturated heterocycles. The molecular weight excluding hydrogens is 305 g/mol. The van der Waals surface area contributed by atoms with Crippen LogP contribution in [0.15, 0.2) is 16.6 Å². The molecule has 6 heteroatoms. The van der Waals surface area contributed by atoms with Crippen LogP contribution in [-0.2, 0) is 4.79 Å². The largest absolute Gasteiger partial charge is 0.493 e. The molecule has 2 unspecified atom stereocenters. The molecule has 1 heterocycles. The summed E-state index contributed by atoms with van der Waals surface area (Å²) < 4.78 is 19.3. The number of halogens is 2. The van der Waals surface area contributed by atoms with Crippen LogP contribution < -0.4 is 10.1 Å². The van der Waals surface area contributed by atoms with Gasteiger partial charge in [0.2, 0.25) is 0 Å². The molecule has 0 radical (unpaired) electrons. The number of hydrogen-bond donors (Lipinski definition) is 2. The number of carbonyl (C=O) groups is 1. The smallest absolute Gasteiger partial charge is 0.307 e. The van der Waals surface area contributed by atoms with Crippen LogP contribution >= 0.6 is 15.9 Å². The van der Waals surface area contributed by atoms with E-state index in [0.717, 1.165) is 0 Å². The highest BCUT2D eigenvalue weighted by molar-refractivity contribution is 9.10. The molecule has 2 rings (SSSR count). The number of rotatable bonds is 3. The van der Waals surface area contributed by atoms with Crippen molar-refractivity contribution in [1.82, 2.24) is 5.32 Å². The van der Waals surface area contributed by atoms with E-state index in [0.29, 0.717) is 23.0 Å². The summed E-state index contributed by atoms with van der Waals surface area (Å²) in [5, 5.41) is 12.0. The third-order valence-electron chi connectivity index (χ3n) is 3.14. The van der Waals surface area contributed by atoms with Crippen molar-refractivity contribution in [2.45, 2.75) is 12.5 Å². The second-order valence-corrected chi connectivity index (χ2v) is 5.07. The van der Waals surface area contributed by atoms with Gasteiger partial charge in [-0.2, -0.15) is 0 Å². The molecule has 2 atom stereocenters. The lowest BCUT2D eigenvalue weighted by molar-refractivity contribution is -0.141. The Kier molecular flexibility index (Phi) is 3.87. The first kappa shape index (κ1) is 13.3. The molecule has 1 aromatic carbocycles. The minimum absolute atomic E-state index is 0.160. The number of aliphatic carboxylic acids is 1. The molecular formula is C12H13BrFNO3. The molecule has 0 aromatic heterocycles. The van der Waals surface area contributed by atoms with E-state index in [1.807, 2.05) is 0 Å². The average molecular weight is 318 g/mol. The van der Waals surface area contributed by atoms with Crippen LogP contribution in [0.3, 0.4) is 0 Å². The Morgan fingerprint density at radius 2 is 2.33 bits per heavy atom. The van der Waals surface area contributed by atoms with E-state index in [1.165, 1.54) is 7.11 Å². The Labute approximate surface area is 112 Å². The summed E-state index contributed by atoms with van der Waals surface area (Å²) in [6.45, 7) is 0.390. The van der Waals surface area contributed by atoms with Gasteiger partial charge in [0, 0.05) is 18.2 Å². The van der Waals surface area contributed by atoms with Crippen molar-refractivity contribution in [3.05, 3.63) is 28.0 Å². The second-order valence-electron chi connectivity index (χ2n) is 4.22. The fourth-order valence-electron chi connectivity index (χ4n) is 2.19. The van der Waals surface area contributed by atoms with E-state index in [1.54, 1.807) is 12.1 Å². The summed E-state index contributed by atoms with van der Waals surface area (Å²) in [4.78, 5) is 10.9. The molecule has 0 aliphatic carbocycles. The van der Waals surface area contributed by atoms with Gasteiger partial charge < -0.3 is 15.2 Å². The molecule has 1 aromatic rings. The third kappa shape index (κ3) is 2.35. The van der Waals surface area contributed by atoms with Crippen LogP contribution in [0.1, 0.15) is 18.0 Å². The van der Waals surface area contributed by atoms with E-state index < -0.39 is 17.7 Å². The van der Waals surface area contributed by atoms with Crippen LogP contribution in [-0.4, -0.2) is 24.7 Å². The topological polar surface area (TPSA) is 58.6 Å². The highest BCUT2D eigenvalue weighted by atomic mass is 79.9. The van der Waals surface area contributed by atoms with Crippen molar-refractivity contribution in [2.75, 3.05) is 13.7 Å². The lowest BCUT2D eigenvalue weighted by Gasteiger charge is -2.16. The molecule has 0 bridgehead atoms. The Hall–Kier alpha value is -1.14. The van der Waals surface area contributed by atoms with Gasteiger partial charge in [0.25, 0.3) is 0 Å². The number of benzene rings is 1. The van der Waals surface area contributed by atoms with Crippen LogP contribution in [0.4, 0.5) is 4.39 Å². The molecule has 98 valence electrons. The molecule has 0 spiro atoms. The Bertz CT molecular complexity index is 481. The van der Waals surface area contributed by atoms with Gasteiger partial charge in [-0.15, -0.1) is 0 Å². The zero-order chi connectivity index (χ0) is 13.3. The Morgan fingerprint density at radius 3 is 2.89 bits per heavy atom. The summed E-state index contributed by atoms with van der Waals surface area (Å²) in [7, 11) is 1.40. The number of nitrogens with one attached hydrogen (secondary N) is 1. The van der Waals surface area contributed by atoms with Crippen molar-refractivity contribution < 1.29 is 19.0 Å². The van der Waals surface area contributed by atoms with Crippen molar-refractivity contribution in [3.63, 3.8) is 0 Å². The number of hydrogen-bond acceptors (Lipinski definition) is 3. The van der Waals surface area contributed by atoms with Crippen molar-refractivity contribution in [3.8, 4) is 5.75 Å². The van der Waals surface area contributed by atoms with Crippen molar-refractivity contribution in [1.29, 1.82) is 0 Å². The molecule has 2 N–H and O–H groups in total. The highest BCUT2D eigenvalue weighted by Crippen LogP contribution is 2.37. The highest BCUT2D eigenvalue weighted by Gasteiger charge is 2.32. The average Bonchev–Trinajstić information content (AvgIpc) is 2.82. The van der Waals surface area contributed by atoms with Gasteiger partial charge >= 0.3 is 5.97 Å². The maximum absolute atomic E-state index is 13.9. The summed E-state index contributed by atoms with van der Waals surface area (Å²) in [6.07, 6.45) is 0.437. The summed E-state index contributed by atoms with van der Waals surface area (Å²) in [5.74, 6) is -1.57. The Balaban J connectivity index is 2.30. The molecule has 1 aliphatic heterocycles. The number of methoxy groups -OCH3 is 1. The standard InChI is InChI=1S/C12H13BrFNO3/c1-18-11-7(2-3-8(13)10(11)14)9-4-6(5-15-9)12(16)17/h2-3,6,9,15H,4-5H2,1H3,(H,16,17). The quantitative estimate of drug-likeness (QED) is 0.898. The number of carboxylic acid groups (broad SMARTS) is 1. The Morgan fingerprint density at radius 1 is 1.61 bits per heavy atom. The molecule has 1 fully saturated rings. The van der Waals surface area contributed by atoms with Crippen LogP contribution in [0, 0.1) is 11.7 Å². The van der Waals surface area contributed by atoms with Crippen LogP contribution in [0.2, 0.25) is 0 Å². The fourth-order valence-corrected chi connectivity index (χ4v) is 2.50. The minimum Gasteiger partial charge on any atom is -0.493 e. The van der Waals surface area contributed by atoms with E-state index in [-0.39, 0.29) is 11.8 Å². The first-order valence-corrected chi connectivity index (χ1v) is 6.32. The number of carboxylic acids is 1. The summed E-state index contributed by atoms with van der Waals surface area (Å²) in [5.41, 5.74) is 0.655. The molecule has 18 heavy (non-hydrogen) atoms. The monoisotopic (exact) mass is 317 g/mol. The third-order valence-corrected chi connectivity index (χ3v) is 3.75. The number of ether oxygens (including phenoxy) is 1. The summed E-state index contributed by atoms with van der Waals surface area (Å²) >= 11 is 3.10. The van der Waals surface area contributed by atoms with Gasteiger partial charge in [0.15, 0.2) is 11.6 Å². The van der Waals surface area contributed by atoms with E-state index in [4.69, 9.17) is 9.84 Å². The molecule has 4 nitrogen and oxygen atoms in total.